The molecule has 0 unspecified atom stereocenters. The van der Waals surface area contributed by atoms with Crippen molar-refractivity contribution in [1.29, 1.82) is 0 Å². The maximum Gasteiger partial charge on any atom is 0.339 e. The quantitative estimate of drug-likeness (QED) is 0.487. The van der Waals surface area contributed by atoms with E-state index in [0.29, 0.717) is 0 Å². The molecule has 2 aromatic rings. The Kier molecular flexibility index (Phi) is 3.48. The Labute approximate surface area is 109 Å². The predicted octanol–water partition coefficient (Wildman–Crippen LogP) is 2.36. The van der Waals surface area contributed by atoms with Crippen LogP contribution in [0.25, 0.3) is 0 Å². The first-order valence-electron chi connectivity index (χ1n) is 5.23. The highest BCUT2D eigenvalue weighted by Crippen LogP contribution is 2.21. The van der Waals surface area contributed by atoms with Gasteiger partial charge >= 0.3 is 10.1 Å². The lowest BCUT2D eigenvalue weighted by Gasteiger charge is -2.06. The lowest BCUT2D eigenvalue weighted by atomic mass is 10.3. The summed E-state index contributed by atoms with van der Waals surface area (Å²) in [6.07, 6.45) is 0. The fraction of sp³-hybridized carbons (Fsp3) is 0. The van der Waals surface area contributed by atoms with Crippen molar-refractivity contribution in [3.05, 3.63) is 64.7 Å². The molecule has 0 radical (unpaired) electrons. The molecule has 0 aliphatic carbocycles. The van der Waals surface area contributed by atoms with Crippen LogP contribution in [0.3, 0.4) is 0 Å². The van der Waals surface area contributed by atoms with Gasteiger partial charge in [-0.25, -0.2) is 0 Å². The Morgan fingerprint density at radius 2 is 1.53 bits per heavy atom. The van der Waals surface area contributed by atoms with E-state index in [4.69, 9.17) is 4.18 Å². The molecule has 0 fully saturated rings. The summed E-state index contributed by atoms with van der Waals surface area (Å²) in [5.41, 5.74) is -0.135. The van der Waals surface area contributed by atoms with Gasteiger partial charge in [0.1, 0.15) is 10.6 Å². The van der Waals surface area contributed by atoms with Crippen LogP contribution in [0, 0.1) is 10.1 Å². The van der Waals surface area contributed by atoms with Crippen LogP contribution in [0.4, 0.5) is 5.69 Å². The van der Waals surface area contributed by atoms with Crippen molar-refractivity contribution in [2.75, 3.05) is 0 Å². The van der Waals surface area contributed by atoms with E-state index in [1.165, 1.54) is 36.4 Å². The second-order valence-corrected chi connectivity index (χ2v) is 5.15. The van der Waals surface area contributed by atoms with E-state index in [1.807, 2.05) is 0 Å². The van der Waals surface area contributed by atoms with Crippen LogP contribution in [0.1, 0.15) is 0 Å². The first kappa shape index (κ1) is 13.0. The van der Waals surface area contributed by atoms with Gasteiger partial charge < -0.3 is 4.18 Å². The lowest BCUT2D eigenvalue weighted by molar-refractivity contribution is -0.384. The van der Waals surface area contributed by atoms with Gasteiger partial charge in [-0.3, -0.25) is 10.1 Å². The Hall–Kier alpha value is -2.41. The SMILES string of the molecule is O=[N+]([O-])c1ccc(OS(=O)(=O)c2ccccc2)cc1. The van der Waals surface area contributed by atoms with Crippen LogP contribution in [0.15, 0.2) is 59.5 Å². The second kappa shape index (κ2) is 5.07. The first-order chi connectivity index (χ1) is 8.99. The normalized spacial score (nSPS) is 10.9. The van der Waals surface area contributed by atoms with Gasteiger partial charge in [0.25, 0.3) is 5.69 Å². The monoisotopic (exact) mass is 279 g/mol. The van der Waals surface area contributed by atoms with Crippen molar-refractivity contribution in [2.45, 2.75) is 4.90 Å². The third-order valence-electron chi connectivity index (χ3n) is 2.29. The van der Waals surface area contributed by atoms with Crippen molar-refractivity contribution < 1.29 is 17.5 Å². The van der Waals surface area contributed by atoms with Crippen LogP contribution >= 0.6 is 0 Å². The number of hydrogen-bond acceptors (Lipinski definition) is 5. The Balaban J connectivity index is 2.24. The molecule has 0 bridgehead atoms. The van der Waals surface area contributed by atoms with Crippen molar-refractivity contribution in [3.8, 4) is 5.75 Å². The number of nitro groups is 1. The fourth-order valence-electron chi connectivity index (χ4n) is 1.39. The summed E-state index contributed by atoms with van der Waals surface area (Å²) < 4.78 is 28.6. The maximum absolute atomic E-state index is 11.9. The van der Waals surface area contributed by atoms with Gasteiger partial charge in [-0.15, -0.1) is 0 Å². The van der Waals surface area contributed by atoms with Crippen molar-refractivity contribution in [2.24, 2.45) is 0 Å². The summed E-state index contributed by atoms with van der Waals surface area (Å²) in [4.78, 5) is 9.91. The Morgan fingerprint density at radius 3 is 2.05 bits per heavy atom. The van der Waals surface area contributed by atoms with Crippen molar-refractivity contribution >= 4 is 15.8 Å². The zero-order chi connectivity index (χ0) is 13.9. The summed E-state index contributed by atoms with van der Waals surface area (Å²) >= 11 is 0. The van der Waals surface area contributed by atoms with Crippen LogP contribution in [0.2, 0.25) is 0 Å². The minimum Gasteiger partial charge on any atom is -0.379 e. The van der Waals surface area contributed by atoms with Crippen molar-refractivity contribution in [1.82, 2.24) is 0 Å². The summed E-state index contributed by atoms with van der Waals surface area (Å²) in [6, 6.07) is 12.5. The van der Waals surface area contributed by atoms with E-state index in [-0.39, 0.29) is 16.3 Å². The average Bonchev–Trinajstić information content (AvgIpc) is 2.40. The first-order valence-corrected chi connectivity index (χ1v) is 6.64. The maximum atomic E-state index is 11.9. The molecule has 98 valence electrons. The van der Waals surface area contributed by atoms with E-state index < -0.39 is 15.0 Å². The second-order valence-electron chi connectivity index (χ2n) is 3.60. The number of rotatable bonds is 4. The average molecular weight is 279 g/mol. The van der Waals surface area contributed by atoms with E-state index in [2.05, 4.69) is 0 Å². The molecule has 0 saturated carbocycles. The highest BCUT2D eigenvalue weighted by molar-refractivity contribution is 7.87. The van der Waals surface area contributed by atoms with Gasteiger partial charge in [-0.2, -0.15) is 8.42 Å². The topological polar surface area (TPSA) is 86.5 Å². The summed E-state index contributed by atoms with van der Waals surface area (Å²) in [6.45, 7) is 0. The predicted molar refractivity (Wildman–Crippen MR) is 67.4 cm³/mol. The highest BCUT2D eigenvalue weighted by atomic mass is 32.2. The number of hydrogen-bond donors (Lipinski definition) is 0. The lowest BCUT2D eigenvalue weighted by Crippen LogP contribution is -2.09. The zero-order valence-corrected chi connectivity index (χ0v) is 10.4. The molecule has 2 aromatic carbocycles. The molecule has 6 nitrogen and oxygen atoms in total. The van der Waals surface area contributed by atoms with E-state index >= 15 is 0 Å². The molecule has 0 aliphatic heterocycles. The molecular weight excluding hydrogens is 270 g/mol. The molecule has 0 atom stereocenters. The number of nitrogens with zero attached hydrogens (tertiary/aromatic N) is 1. The smallest absolute Gasteiger partial charge is 0.339 e. The highest BCUT2D eigenvalue weighted by Gasteiger charge is 2.16. The molecular formula is C12H9NO5S. The molecule has 0 spiro atoms. The van der Waals surface area contributed by atoms with Crippen LogP contribution in [-0.4, -0.2) is 13.3 Å². The molecule has 0 heterocycles. The fourth-order valence-corrected chi connectivity index (χ4v) is 2.34. The van der Waals surface area contributed by atoms with Crippen molar-refractivity contribution in [3.63, 3.8) is 0 Å². The number of benzene rings is 2. The Bertz CT molecular complexity index is 680. The third-order valence-corrected chi connectivity index (χ3v) is 3.55. The minimum atomic E-state index is -3.92. The molecule has 0 N–H and O–H groups in total. The standard InChI is InChI=1S/C12H9NO5S/c14-13(15)10-6-8-11(9-7-10)18-19(16,17)12-4-2-1-3-5-12/h1-9H. The molecule has 2 rings (SSSR count). The van der Waals surface area contributed by atoms with Crippen LogP contribution < -0.4 is 4.18 Å². The zero-order valence-electron chi connectivity index (χ0n) is 9.59. The minimum absolute atomic E-state index is 0.0216. The number of nitro benzene ring substituents is 1. The largest absolute Gasteiger partial charge is 0.379 e. The summed E-state index contributed by atoms with van der Waals surface area (Å²) in [5.74, 6) is 0.0226. The van der Waals surface area contributed by atoms with Gasteiger partial charge in [0.15, 0.2) is 0 Å². The molecule has 19 heavy (non-hydrogen) atoms. The molecule has 0 aromatic heterocycles. The van der Waals surface area contributed by atoms with Gasteiger partial charge in [-0.1, -0.05) is 18.2 Å². The van der Waals surface area contributed by atoms with Gasteiger partial charge in [-0.05, 0) is 24.3 Å². The van der Waals surface area contributed by atoms with Gasteiger partial charge in [0, 0.05) is 12.1 Å². The molecule has 7 heteroatoms. The van der Waals surface area contributed by atoms with Crippen LogP contribution in [0.5, 0.6) is 5.75 Å². The summed E-state index contributed by atoms with van der Waals surface area (Å²) in [7, 11) is -3.92. The van der Waals surface area contributed by atoms with Gasteiger partial charge in [0.05, 0.1) is 4.92 Å². The number of non-ortho nitro benzene ring substituents is 1. The Morgan fingerprint density at radius 1 is 0.947 bits per heavy atom. The third kappa shape index (κ3) is 3.08. The summed E-state index contributed by atoms with van der Waals surface area (Å²) in [5, 5.41) is 10.5. The van der Waals surface area contributed by atoms with E-state index in [9.17, 15) is 18.5 Å². The van der Waals surface area contributed by atoms with Gasteiger partial charge in [0.2, 0.25) is 0 Å². The molecule has 0 saturated heterocycles. The van der Waals surface area contributed by atoms with E-state index in [1.54, 1.807) is 18.2 Å². The molecule has 0 amide bonds. The van der Waals surface area contributed by atoms with Crippen LogP contribution in [-0.2, 0) is 10.1 Å². The van der Waals surface area contributed by atoms with E-state index in [0.717, 1.165) is 0 Å². The molecule has 0 aliphatic rings.